The number of hydrogen-bond donors (Lipinski definition) is 2. The molecule has 0 fully saturated rings. The molecule has 3 atom stereocenters. The molecule has 0 radical (unpaired) electrons. The summed E-state index contributed by atoms with van der Waals surface area (Å²) in [6.45, 7) is 3.48. The third kappa shape index (κ3) is 1.81. The molecule has 0 bridgehead atoms. The second-order valence-electron chi connectivity index (χ2n) is 3.69. The summed E-state index contributed by atoms with van der Waals surface area (Å²) in [5.41, 5.74) is 1.41. The van der Waals surface area contributed by atoms with E-state index in [1.807, 2.05) is 0 Å². The van der Waals surface area contributed by atoms with Crippen LogP contribution in [0.3, 0.4) is 0 Å². The molecular weight excluding hydrogens is 184 g/mol. The minimum absolute atomic E-state index is 0.233. The van der Waals surface area contributed by atoms with Crippen molar-refractivity contribution in [2.45, 2.75) is 32.5 Å². The van der Waals surface area contributed by atoms with E-state index in [0.29, 0.717) is 5.57 Å². The molecule has 1 aliphatic rings. The highest BCUT2D eigenvalue weighted by Crippen LogP contribution is 2.30. The van der Waals surface area contributed by atoms with Gasteiger partial charge in [0.15, 0.2) is 0 Å². The Kier molecular flexibility index (Phi) is 3.29. The Morgan fingerprint density at radius 1 is 1.36 bits per heavy atom. The molecule has 0 unspecified atom stereocenters. The van der Waals surface area contributed by atoms with Gasteiger partial charge in [0.2, 0.25) is 0 Å². The van der Waals surface area contributed by atoms with Crippen LogP contribution in [-0.2, 0) is 9.53 Å². The molecule has 4 heteroatoms. The van der Waals surface area contributed by atoms with Crippen molar-refractivity contribution in [3.05, 3.63) is 11.1 Å². The molecule has 80 valence electrons. The first-order valence-corrected chi connectivity index (χ1v) is 4.60. The van der Waals surface area contributed by atoms with Crippen LogP contribution < -0.4 is 0 Å². The smallest absolute Gasteiger partial charge is 0.311 e. The second kappa shape index (κ2) is 4.11. The van der Waals surface area contributed by atoms with Crippen molar-refractivity contribution in [3.63, 3.8) is 0 Å². The van der Waals surface area contributed by atoms with Gasteiger partial charge in [0.05, 0.1) is 25.2 Å². The summed E-state index contributed by atoms with van der Waals surface area (Å²) in [7, 11) is 1.28. The molecule has 0 aromatic rings. The Morgan fingerprint density at radius 2 is 1.93 bits per heavy atom. The summed E-state index contributed by atoms with van der Waals surface area (Å²) in [4.78, 5) is 11.3. The number of aliphatic hydroxyl groups is 2. The van der Waals surface area contributed by atoms with E-state index in [0.717, 1.165) is 5.57 Å². The van der Waals surface area contributed by atoms with Crippen LogP contribution in [0.1, 0.15) is 20.3 Å². The predicted octanol–water partition coefficient (Wildman–Crippen LogP) is 0.237. The summed E-state index contributed by atoms with van der Waals surface area (Å²) in [5.74, 6) is -1.11. The molecular formula is C10H16O4. The van der Waals surface area contributed by atoms with Gasteiger partial charge < -0.3 is 14.9 Å². The van der Waals surface area contributed by atoms with Gasteiger partial charge in [-0.25, -0.2) is 0 Å². The second-order valence-corrected chi connectivity index (χ2v) is 3.69. The SMILES string of the molecule is COC(=O)[C@@H]1C[C@@H](O)C(C)=C(C)[C@H]1O. The van der Waals surface area contributed by atoms with Crippen molar-refractivity contribution in [2.75, 3.05) is 7.11 Å². The summed E-state index contributed by atoms with van der Waals surface area (Å²) >= 11 is 0. The van der Waals surface area contributed by atoms with Crippen LogP contribution in [0.15, 0.2) is 11.1 Å². The summed E-state index contributed by atoms with van der Waals surface area (Å²) in [5, 5.41) is 19.4. The minimum atomic E-state index is -0.828. The number of esters is 1. The lowest BCUT2D eigenvalue weighted by Gasteiger charge is -2.31. The monoisotopic (exact) mass is 200 g/mol. The van der Waals surface area contributed by atoms with E-state index in [4.69, 9.17) is 0 Å². The zero-order valence-corrected chi connectivity index (χ0v) is 8.65. The molecule has 0 spiro atoms. The van der Waals surface area contributed by atoms with Crippen molar-refractivity contribution < 1.29 is 19.7 Å². The average molecular weight is 200 g/mol. The van der Waals surface area contributed by atoms with E-state index >= 15 is 0 Å². The van der Waals surface area contributed by atoms with Gasteiger partial charge in [-0.1, -0.05) is 0 Å². The molecule has 0 amide bonds. The third-order valence-corrected chi connectivity index (χ3v) is 2.93. The van der Waals surface area contributed by atoms with Crippen molar-refractivity contribution in [2.24, 2.45) is 5.92 Å². The lowest BCUT2D eigenvalue weighted by Crippen LogP contribution is -2.38. The fourth-order valence-corrected chi connectivity index (χ4v) is 1.72. The first kappa shape index (κ1) is 11.2. The van der Waals surface area contributed by atoms with Gasteiger partial charge in [-0.15, -0.1) is 0 Å². The average Bonchev–Trinajstić information content (AvgIpc) is 2.19. The molecule has 1 rings (SSSR count). The van der Waals surface area contributed by atoms with Gasteiger partial charge >= 0.3 is 5.97 Å². The quantitative estimate of drug-likeness (QED) is 0.470. The number of carbonyl (C=O) groups excluding carboxylic acids is 1. The number of carbonyl (C=O) groups is 1. The Labute approximate surface area is 83.2 Å². The highest BCUT2D eigenvalue weighted by molar-refractivity contribution is 5.74. The normalized spacial score (nSPS) is 33.1. The van der Waals surface area contributed by atoms with Gasteiger partial charge in [0, 0.05) is 0 Å². The Morgan fingerprint density at radius 3 is 2.43 bits per heavy atom. The number of methoxy groups -OCH3 is 1. The van der Waals surface area contributed by atoms with E-state index in [1.165, 1.54) is 7.11 Å². The first-order chi connectivity index (χ1) is 6.49. The standard InChI is InChI=1S/C10H16O4/c1-5-6(2)9(12)7(4-8(5)11)10(13)14-3/h7-9,11-12H,4H2,1-3H3/t7-,8-,9-/m1/s1. The first-order valence-electron chi connectivity index (χ1n) is 4.60. The molecule has 0 aromatic heterocycles. The fraction of sp³-hybridized carbons (Fsp3) is 0.700. The van der Waals surface area contributed by atoms with E-state index in [1.54, 1.807) is 13.8 Å². The lowest BCUT2D eigenvalue weighted by atomic mass is 9.81. The van der Waals surface area contributed by atoms with Crippen LogP contribution in [0.5, 0.6) is 0 Å². The molecule has 0 aliphatic heterocycles. The maximum absolute atomic E-state index is 11.3. The summed E-state index contributed by atoms with van der Waals surface area (Å²) < 4.78 is 4.56. The number of rotatable bonds is 1. The zero-order chi connectivity index (χ0) is 10.9. The molecule has 0 saturated heterocycles. The Bertz CT molecular complexity index is 269. The van der Waals surface area contributed by atoms with Gasteiger partial charge in [-0.3, -0.25) is 4.79 Å². The highest BCUT2D eigenvalue weighted by atomic mass is 16.5. The van der Waals surface area contributed by atoms with Crippen LogP contribution >= 0.6 is 0 Å². The van der Waals surface area contributed by atoms with Crippen LogP contribution in [-0.4, -0.2) is 35.5 Å². The summed E-state index contributed by atoms with van der Waals surface area (Å²) in [6.07, 6.45) is -1.25. The molecule has 0 saturated carbocycles. The van der Waals surface area contributed by atoms with Crippen LogP contribution in [0, 0.1) is 5.92 Å². The zero-order valence-electron chi connectivity index (χ0n) is 8.65. The predicted molar refractivity (Wildman–Crippen MR) is 50.5 cm³/mol. The maximum Gasteiger partial charge on any atom is 0.311 e. The van der Waals surface area contributed by atoms with E-state index in [9.17, 15) is 15.0 Å². The van der Waals surface area contributed by atoms with Crippen molar-refractivity contribution in [1.29, 1.82) is 0 Å². The Balaban J connectivity index is 2.91. The molecule has 0 aromatic carbocycles. The molecule has 2 N–H and O–H groups in total. The van der Waals surface area contributed by atoms with Crippen LogP contribution in [0.4, 0.5) is 0 Å². The number of ether oxygens (including phenoxy) is 1. The highest BCUT2D eigenvalue weighted by Gasteiger charge is 2.36. The molecule has 0 heterocycles. The maximum atomic E-state index is 11.3. The van der Waals surface area contributed by atoms with Crippen molar-refractivity contribution in [3.8, 4) is 0 Å². The molecule has 4 nitrogen and oxygen atoms in total. The number of aliphatic hydroxyl groups excluding tert-OH is 2. The van der Waals surface area contributed by atoms with Crippen LogP contribution in [0.25, 0.3) is 0 Å². The van der Waals surface area contributed by atoms with Crippen LogP contribution in [0.2, 0.25) is 0 Å². The number of hydrogen-bond acceptors (Lipinski definition) is 4. The van der Waals surface area contributed by atoms with Gasteiger partial charge in [-0.05, 0) is 31.4 Å². The van der Waals surface area contributed by atoms with E-state index in [2.05, 4.69) is 4.74 Å². The lowest BCUT2D eigenvalue weighted by molar-refractivity contribution is -0.150. The fourth-order valence-electron chi connectivity index (χ4n) is 1.72. The van der Waals surface area contributed by atoms with E-state index in [-0.39, 0.29) is 6.42 Å². The molecule has 1 aliphatic carbocycles. The topological polar surface area (TPSA) is 66.8 Å². The van der Waals surface area contributed by atoms with Gasteiger partial charge in [0.25, 0.3) is 0 Å². The Hall–Kier alpha value is -0.870. The molecule has 14 heavy (non-hydrogen) atoms. The van der Waals surface area contributed by atoms with E-state index < -0.39 is 24.1 Å². The minimum Gasteiger partial charge on any atom is -0.469 e. The largest absolute Gasteiger partial charge is 0.469 e. The van der Waals surface area contributed by atoms with Crippen molar-refractivity contribution >= 4 is 5.97 Å². The third-order valence-electron chi connectivity index (χ3n) is 2.93. The van der Waals surface area contributed by atoms with Crippen molar-refractivity contribution in [1.82, 2.24) is 0 Å². The van der Waals surface area contributed by atoms with Gasteiger partial charge in [0.1, 0.15) is 0 Å². The summed E-state index contributed by atoms with van der Waals surface area (Å²) in [6, 6.07) is 0. The van der Waals surface area contributed by atoms with Gasteiger partial charge in [-0.2, -0.15) is 0 Å².